The Hall–Kier alpha value is -1.71. The average Bonchev–Trinajstić information content (AvgIpc) is 2.34. The normalized spacial score (nSPS) is 10.2. The zero-order valence-corrected chi connectivity index (χ0v) is 9.82. The van der Waals surface area contributed by atoms with Crippen molar-refractivity contribution in [3.05, 3.63) is 53.1 Å². The van der Waals surface area contributed by atoms with Crippen LogP contribution in [0.1, 0.15) is 5.56 Å². The summed E-state index contributed by atoms with van der Waals surface area (Å²) in [5, 5.41) is 9.49. The van der Waals surface area contributed by atoms with Crippen LogP contribution in [0.4, 0.5) is 5.69 Å². The summed E-state index contributed by atoms with van der Waals surface area (Å²) in [6.45, 7) is -0.0325. The fraction of sp³-hybridized carbons (Fsp3) is 0.0769. The zero-order valence-electron chi connectivity index (χ0n) is 9.06. The molecule has 0 saturated heterocycles. The van der Waals surface area contributed by atoms with Crippen LogP contribution in [0.2, 0.25) is 5.02 Å². The predicted octanol–water partition coefficient (Wildman–Crippen LogP) is 3.21. The summed E-state index contributed by atoms with van der Waals surface area (Å²) in [5.41, 5.74) is 7.03. The van der Waals surface area contributed by atoms with Crippen molar-refractivity contribution < 1.29 is 9.84 Å². The maximum Gasteiger partial charge on any atom is 0.168 e. The van der Waals surface area contributed by atoms with E-state index in [1.54, 1.807) is 36.4 Å². The molecule has 0 aliphatic rings. The third kappa shape index (κ3) is 2.70. The molecule has 0 bridgehead atoms. The minimum absolute atomic E-state index is 0.0325. The molecule has 88 valence electrons. The number of hydrogen-bond acceptors (Lipinski definition) is 3. The summed E-state index contributed by atoms with van der Waals surface area (Å²) >= 11 is 6.00. The number of para-hydroxylation sites is 1. The molecule has 2 rings (SSSR count). The molecule has 17 heavy (non-hydrogen) atoms. The van der Waals surface area contributed by atoms with Crippen LogP contribution in [0, 0.1) is 0 Å². The Kier molecular flexibility index (Phi) is 3.52. The summed E-state index contributed by atoms with van der Waals surface area (Å²) in [7, 11) is 0. The van der Waals surface area contributed by atoms with Gasteiger partial charge in [-0.15, -0.1) is 0 Å². The van der Waals surface area contributed by atoms with E-state index in [0.717, 1.165) is 5.56 Å². The number of nitrogens with two attached hydrogens (primary N) is 1. The first-order chi connectivity index (χ1) is 8.20. The Morgan fingerprint density at radius 1 is 1.18 bits per heavy atom. The molecule has 2 aromatic carbocycles. The molecule has 4 heteroatoms. The third-order valence-corrected chi connectivity index (χ3v) is 2.60. The lowest BCUT2D eigenvalue weighted by Crippen LogP contribution is -1.93. The van der Waals surface area contributed by atoms with Crippen LogP contribution in [-0.2, 0) is 6.61 Å². The third-order valence-electron chi connectivity index (χ3n) is 2.30. The number of hydrogen-bond donors (Lipinski definition) is 2. The largest absolute Gasteiger partial charge is 0.454 e. The highest BCUT2D eigenvalue weighted by molar-refractivity contribution is 6.32. The quantitative estimate of drug-likeness (QED) is 0.822. The average molecular weight is 250 g/mol. The molecule has 0 aliphatic carbocycles. The van der Waals surface area contributed by atoms with E-state index in [-0.39, 0.29) is 6.61 Å². The van der Waals surface area contributed by atoms with E-state index in [0.29, 0.717) is 22.2 Å². The first-order valence-corrected chi connectivity index (χ1v) is 5.50. The summed E-state index contributed by atoms with van der Waals surface area (Å²) in [6, 6.07) is 12.3. The molecule has 3 N–H and O–H groups in total. The maximum absolute atomic E-state index is 9.03. The summed E-state index contributed by atoms with van der Waals surface area (Å²) in [4.78, 5) is 0. The molecule has 0 aliphatic heterocycles. The number of nitrogen functional groups attached to an aromatic ring is 1. The monoisotopic (exact) mass is 249 g/mol. The van der Waals surface area contributed by atoms with Gasteiger partial charge in [-0.05, 0) is 29.8 Å². The first kappa shape index (κ1) is 11.8. The van der Waals surface area contributed by atoms with Crippen LogP contribution >= 0.6 is 11.6 Å². The molecule has 0 unspecified atom stereocenters. The maximum atomic E-state index is 9.03. The van der Waals surface area contributed by atoms with E-state index in [1.807, 2.05) is 6.07 Å². The highest BCUT2D eigenvalue weighted by atomic mass is 35.5. The van der Waals surface area contributed by atoms with Gasteiger partial charge in [0.2, 0.25) is 0 Å². The van der Waals surface area contributed by atoms with Gasteiger partial charge in [0.15, 0.2) is 5.75 Å². The zero-order chi connectivity index (χ0) is 12.3. The smallest absolute Gasteiger partial charge is 0.168 e. The highest BCUT2D eigenvalue weighted by Crippen LogP contribution is 2.34. The molecule has 0 aromatic heterocycles. The van der Waals surface area contributed by atoms with E-state index >= 15 is 0 Å². The minimum Gasteiger partial charge on any atom is -0.454 e. The van der Waals surface area contributed by atoms with Gasteiger partial charge < -0.3 is 15.6 Å². The number of aliphatic hydroxyl groups excluding tert-OH is 1. The molecule has 0 atom stereocenters. The first-order valence-electron chi connectivity index (χ1n) is 5.12. The van der Waals surface area contributed by atoms with Gasteiger partial charge >= 0.3 is 0 Å². The second-order valence-electron chi connectivity index (χ2n) is 3.57. The molecule has 3 nitrogen and oxygen atoms in total. The van der Waals surface area contributed by atoms with Gasteiger partial charge in [-0.25, -0.2) is 0 Å². The summed E-state index contributed by atoms with van der Waals surface area (Å²) in [5.74, 6) is 1.03. The van der Waals surface area contributed by atoms with Crippen LogP contribution in [-0.4, -0.2) is 5.11 Å². The van der Waals surface area contributed by atoms with Crippen LogP contribution in [0.3, 0.4) is 0 Å². The number of halogens is 1. The highest BCUT2D eigenvalue weighted by Gasteiger charge is 2.07. The molecule has 0 saturated carbocycles. The summed E-state index contributed by atoms with van der Waals surface area (Å²) in [6.07, 6.45) is 0. The fourth-order valence-electron chi connectivity index (χ4n) is 1.46. The van der Waals surface area contributed by atoms with Crippen molar-refractivity contribution in [2.75, 3.05) is 5.73 Å². The van der Waals surface area contributed by atoms with E-state index < -0.39 is 0 Å². The second kappa shape index (κ2) is 5.08. The van der Waals surface area contributed by atoms with E-state index in [1.165, 1.54) is 0 Å². The fourth-order valence-corrected chi connectivity index (χ4v) is 1.68. The number of benzene rings is 2. The Balaban J connectivity index is 2.31. The van der Waals surface area contributed by atoms with Crippen molar-refractivity contribution in [2.45, 2.75) is 6.61 Å². The lowest BCUT2D eigenvalue weighted by atomic mass is 10.2. The summed E-state index contributed by atoms with van der Waals surface area (Å²) < 4.78 is 5.61. The lowest BCUT2D eigenvalue weighted by Gasteiger charge is -2.10. The van der Waals surface area contributed by atoms with Gasteiger partial charge in [0.25, 0.3) is 0 Å². The van der Waals surface area contributed by atoms with Gasteiger partial charge in [-0.3, -0.25) is 0 Å². The van der Waals surface area contributed by atoms with Crippen molar-refractivity contribution >= 4 is 17.3 Å². The van der Waals surface area contributed by atoms with E-state index in [9.17, 15) is 0 Å². The number of aliphatic hydroxyl groups is 1. The van der Waals surface area contributed by atoms with Crippen molar-refractivity contribution in [2.24, 2.45) is 0 Å². The molecule has 0 radical (unpaired) electrons. The number of anilines is 1. The van der Waals surface area contributed by atoms with Crippen molar-refractivity contribution in [3.63, 3.8) is 0 Å². The second-order valence-corrected chi connectivity index (χ2v) is 3.97. The molecular weight excluding hydrogens is 238 g/mol. The van der Waals surface area contributed by atoms with E-state index in [2.05, 4.69) is 0 Å². The molecule has 0 fully saturated rings. The standard InChI is InChI=1S/C13H12ClNO2/c14-11-5-2-6-12(15)13(11)17-10-4-1-3-9(7-10)8-16/h1-7,16H,8,15H2. The Labute approximate surface area is 104 Å². The predicted molar refractivity (Wildman–Crippen MR) is 68.3 cm³/mol. The minimum atomic E-state index is -0.0325. The van der Waals surface area contributed by atoms with Crippen LogP contribution in [0.25, 0.3) is 0 Å². The van der Waals surface area contributed by atoms with Gasteiger partial charge in [0.05, 0.1) is 17.3 Å². The number of rotatable bonds is 3. The number of ether oxygens (including phenoxy) is 1. The van der Waals surface area contributed by atoms with Crippen LogP contribution in [0.15, 0.2) is 42.5 Å². The van der Waals surface area contributed by atoms with Crippen molar-refractivity contribution in [1.29, 1.82) is 0 Å². The van der Waals surface area contributed by atoms with Crippen LogP contribution < -0.4 is 10.5 Å². The van der Waals surface area contributed by atoms with Gasteiger partial charge in [0, 0.05) is 0 Å². The Bertz CT molecular complexity index is 508. The van der Waals surface area contributed by atoms with Crippen molar-refractivity contribution in [1.82, 2.24) is 0 Å². The molecule has 0 spiro atoms. The van der Waals surface area contributed by atoms with Crippen molar-refractivity contribution in [3.8, 4) is 11.5 Å². The molecular formula is C13H12ClNO2. The Morgan fingerprint density at radius 3 is 2.65 bits per heavy atom. The topological polar surface area (TPSA) is 55.5 Å². The Morgan fingerprint density at radius 2 is 1.94 bits per heavy atom. The van der Waals surface area contributed by atoms with Crippen LogP contribution in [0.5, 0.6) is 11.5 Å². The van der Waals surface area contributed by atoms with Gasteiger partial charge in [-0.1, -0.05) is 29.8 Å². The SMILES string of the molecule is Nc1cccc(Cl)c1Oc1cccc(CO)c1. The van der Waals surface area contributed by atoms with Gasteiger partial charge in [0.1, 0.15) is 5.75 Å². The van der Waals surface area contributed by atoms with E-state index in [4.69, 9.17) is 27.2 Å². The van der Waals surface area contributed by atoms with Gasteiger partial charge in [-0.2, -0.15) is 0 Å². The molecule has 0 amide bonds. The molecule has 2 aromatic rings. The lowest BCUT2D eigenvalue weighted by molar-refractivity contribution is 0.281. The molecule has 0 heterocycles.